The second kappa shape index (κ2) is 8.20. The van der Waals surface area contributed by atoms with Gasteiger partial charge in [0.25, 0.3) is 0 Å². The Balaban J connectivity index is 1.85. The van der Waals surface area contributed by atoms with Crippen LogP contribution in [0.4, 0.5) is 5.82 Å². The standard InChI is InChI=1S/C18H19IN5O2PS/c1-13-16-17(24(22-13)8-2-7-20)21-18(14-3-5-15(19)6-4-14)26-27(16,28)23-9-11-25-12-10-23/h3-6H,2,8-12H2,1H3/t27-/m1/s1. The van der Waals surface area contributed by atoms with E-state index in [1.165, 1.54) is 0 Å². The quantitative estimate of drug-likeness (QED) is 0.450. The molecule has 0 bridgehead atoms. The summed E-state index contributed by atoms with van der Waals surface area (Å²) >= 11 is 8.48. The fourth-order valence-corrected chi connectivity index (χ4v) is 7.45. The monoisotopic (exact) mass is 527 g/mol. The first-order valence-electron chi connectivity index (χ1n) is 8.95. The predicted octanol–water partition coefficient (Wildman–Crippen LogP) is 3.09. The van der Waals surface area contributed by atoms with Gasteiger partial charge in [-0.1, -0.05) is 0 Å². The van der Waals surface area contributed by atoms with E-state index < -0.39 is 6.42 Å². The molecule has 146 valence electrons. The molecular weight excluding hydrogens is 508 g/mol. The maximum atomic E-state index is 9.01. The summed E-state index contributed by atoms with van der Waals surface area (Å²) in [6.45, 7) is 5.13. The molecular formula is C18H19IN5O2PS. The van der Waals surface area contributed by atoms with Crippen molar-refractivity contribution in [1.82, 2.24) is 14.5 Å². The minimum atomic E-state index is -2.57. The minimum absolute atomic E-state index is 0.364. The molecule has 2 aliphatic rings. The molecule has 28 heavy (non-hydrogen) atoms. The molecule has 3 heterocycles. The maximum Gasteiger partial charge on any atom is 0.227 e. The summed E-state index contributed by atoms with van der Waals surface area (Å²) in [5.74, 6) is 1.25. The zero-order valence-corrected chi connectivity index (χ0v) is 19.2. The number of benzene rings is 1. The van der Waals surface area contributed by atoms with Gasteiger partial charge in [-0.15, -0.1) is 0 Å². The molecule has 1 fully saturated rings. The SMILES string of the molecule is Cc1nn(CCC#N)c2c1[P@@](=S)(N1CCOCC1)OC(c1ccc(I)cc1)=N2. The molecule has 1 saturated heterocycles. The molecule has 0 spiro atoms. The van der Waals surface area contributed by atoms with Gasteiger partial charge < -0.3 is 9.26 Å². The number of nitriles is 1. The number of hydrogen-bond donors (Lipinski definition) is 0. The van der Waals surface area contributed by atoms with Crippen LogP contribution in [0.5, 0.6) is 0 Å². The Morgan fingerprint density at radius 2 is 2.00 bits per heavy atom. The Morgan fingerprint density at radius 1 is 1.29 bits per heavy atom. The molecule has 0 N–H and O–H groups in total. The summed E-state index contributed by atoms with van der Waals surface area (Å²) in [7, 11) is 0. The Morgan fingerprint density at radius 3 is 2.68 bits per heavy atom. The van der Waals surface area contributed by atoms with Crippen LogP contribution in [0.1, 0.15) is 17.7 Å². The summed E-state index contributed by atoms with van der Waals surface area (Å²) in [6.07, 6.45) is -2.21. The van der Waals surface area contributed by atoms with Crippen molar-refractivity contribution < 1.29 is 9.26 Å². The lowest BCUT2D eigenvalue weighted by atomic mass is 10.2. The van der Waals surface area contributed by atoms with Gasteiger partial charge in [0.15, 0.2) is 5.82 Å². The first kappa shape index (κ1) is 20.0. The highest BCUT2D eigenvalue weighted by Gasteiger charge is 2.41. The van der Waals surface area contributed by atoms with Crippen LogP contribution in [-0.4, -0.2) is 46.7 Å². The number of aryl methyl sites for hydroxylation is 2. The first-order chi connectivity index (χ1) is 13.5. The predicted molar refractivity (Wildman–Crippen MR) is 120 cm³/mol. The number of nitrogens with zero attached hydrogens (tertiary/aromatic N) is 5. The van der Waals surface area contributed by atoms with Crippen LogP contribution in [0.15, 0.2) is 29.3 Å². The number of morpholine rings is 1. The van der Waals surface area contributed by atoms with E-state index >= 15 is 0 Å². The molecule has 4 rings (SSSR count). The summed E-state index contributed by atoms with van der Waals surface area (Å²) < 4.78 is 17.2. The topological polar surface area (TPSA) is 75.7 Å². The lowest BCUT2D eigenvalue weighted by Crippen LogP contribution is -2.39. The second-order valence-electron chi connectivity index (χ2n) is 6.49. The van der Waals surface area contributed by atoms with Crippen molar-refractivity contribution in [2.45, 2.75) is 19.9 Å². The summed E-state index contributed by atoms with van der Waals surface area (Å²) in [5.41, 5.74) is 1.72. The highest BCUT2D eigenvalue weighted by Crippen LogP contribution is 2.56. The van der Waals surface area contributed by atoms with Crippen LogP contribution in [0.3, 0.4) is 0 Å². The molecule has 0 unspecified atom stereocenters. The van der Waals surface area contributed by atoms with E-state index in [4.69, 9.17) is 31.3 Å². The zero-order valence-electron chi connectivity index (χ0n) is 15.3. The van der Waals surface area contributed by atoms with Gasteiger partial charge in [0.2, 0.25) is 12.3 Å². The number of rotatable bonds is 4. The summed E-state index contributed by atoms with van der Waals surface area (Å²) in [5, 5.41) is 14.6. The molecule has 0 amide bonds. The van der Waals surface area contributed by atoms with Crippen LogP contribution in [0, 0.1) is 21.8 Å². The third kappa shape index (κ3) is 3.64. The van der Waals surface area contributed by atoms with E-state index in [0.29, 0.717) is 32.1 Å². The summed E-state index contributed by atoms with van der Waals surface area (Å²) in [4.78, 5) is 4.80. The molecule has 1 atom stereocenters. The van der Waals surface area contributed by atoms with Crippen molar-refractivity contribution in [1.29, 1.82) is 5.26 Å². The number of aliphatic imine (C=N–C) groups is 1. The number of fused-ring (bicyclic) bond motifs is 1. The Kier molecular flexibility index (Phi) is 5.86. The third-order valence-corrected chi connectivity index (χ3v) is 9.49. The van der Waals surface area contributed by atoms with Crippen LogP contribution in [0.25, 0.3) is 0 Å². The molecule has 7 nitrogen and oxygen atoms in total. The van der Waals surface area contributed by atoms with Gasteiger partial charge in [0.1, 0.15) is 5.30 Å². The summed E-state index contributed by atoms with van der Waals surface area (Å²) in [6, 6.07) is 10.2. The second-order valence-corrected chi connectivity index (χ2v) is 11.5. The Bertz CT molecular complexity index is 1010. The van der Waals surface area contributed by atoms with Gasteiger partial charge in [-0.2, -0.15) is 15.4 Å². The fraction of sp³-hybridized carbons (Fsp3) is 0.389. The molecule has 1 aromatic heterocycles. The Hall–Kier alpha value is -1.31. The largest absolute Gasteiger partial charge is 0.431 e. The number of aromatic nitrogens is 2. The van der Waals surface area contributed by atoms with Crippen molar-refractivity contribution in [3.8, 4) is 6.07 Å². The lowest BCUT2D eigenvalue weighted by Gasteiger charge is -2.38. The minimum Gasteiger partial charge on any atom is -0.431 e. The average molecular weight is 527 g/mol. The molecule has 1 aromatic carbocycles. The molecule has 10 heteroatoms. The van der Waals surface area contributed by atoms with E-state index in [1.807, 2.05) is 31.2 Å². The number of ether oxygens (including phenoxy) is 1. The van der Waals surface area contributed by atoms with Gasteiger partial charge in [-0.25, -0.2) is 9.35 Å². The van der Waals surface area contributed by atoms with Crippen molar-refractivity contribution >= 4 is 57.8 Å². The van der Waals surface area contributed by atoms with Crippen LogP contribution >= 0.6 is 29.0 Å². The van der Waals surface area contributed by atoms with Crippen LogP contribution < -0.4 is 5.30 Å². The normalized spacial score (nSPS) is 22.1. The van der Waals surface area contributed by atoms with E-state index in [2.05, 4.69) is 38.4 Å². The van der Waals surface area contributed by atoms with Gasteiger partial charge in [-0.3, -0.25) is 0 Å². The zero-order chi connectivity index (χ0) is 19.7. The van der Waals surface area contributed by atoms with Crippen molar-refractivity contribution in [3.63, 3.8) is 0 Å². The smallest absolute Gasteiger partial charge is 0.227 e. The average Bonchev–Trinajstić information content (AvgIpc) is 3.04. The van der Waals surface area contributed by atoms with Crippen molar-refractivity contribution in [3.05, 3.63) is 39.1 Å². The maximum absolute atomic E-state index is 9.01. The molecule has 2 aliphatic heterocycles. The van der Waals surface area contributed by atoms with Crippen molar-refractivity contribution in [2.24, 2.45) is 4.99 Å². The highest BCUT2D eigenvalue weighted by molar-refractivity contribution is 14.1. The Labute approximate surface area is 182 Å². The fourth-order valence-electron chi connectivity index (χ4n) is 3.32. The van der Waals surface area contributed by atoms with Gasteiger partial charge in [0, 0.05) is 22.2 Å². The van der Waals surface area contributed by atoms with Crippen LogP contribution in [0.2, 0.25) is 0 Å². The molecule has 0 aliphatic carbocycles. The number of halogens is 1. The lowest BCUT2D eigenvalue weighted by molar-refractivity contribution is 0.0723. The van der Waals surface area contributed by atoms with Crippen LogP contribution in [-0.2, 0) is 27.6 Å². The third-order valence-electron chi connectivity index (χ3n) is 4.66. The van der Waals surface area contributed by atoms with Gasteiger partial charge in [0.05, 0.1) is 37.9 Å². The van der Waals surface area contributed by atoms with E-state index in [9.17, 15) is 0 Å². The first-order valence-corrected chi connectivity index (χ1v) is 12.7. The van der Waals surface area contributed by atoms with Gasteiger partial charge in [-0.05, 0) is 65.6 Å². The van der Waals surface area contributed by atoms with E-state index in [0.717, 1.165) is 39.0 Å². The molecule has 2 aromatic rings. The number of hydrogen-bond acceptors (Lipinski definition) is 6. The van der Waals surface area contributed by atoms with Crippen molar-refractivity contribution in [2.75, 3.05) is 26.3 Å². The molecule has 0 saturated carbocycles. The van der Waals surface area contributed by atoms with E-state index in [-0.39, 0.29) is 0 Å². The van der Waals surface area contributed by atoms with E-state index in [1.54, 1.807) is 4.68 Å². The van der Waals surface area contributed by atoms with Gasteiger partial charge >= 0.3 is 0 Å². The molecule has 0 radical (unpaired) electrons. The highest BCUT2D eigenvalue weighted by atomic mass is 127.